The Kier molecular flexibility index (Phi) is 3.02. The standard InChI is InChI=1S/C9H10N2O/c1-8-2-4-10-6-9(8)3-5-11-7-12/h2-7H,1H3,(H,11,12)/b5-3-. The summed E-state index contributed by atoms with van der Waals surface area (Å²) in [5.41, 5.74) is 2.14. The topological polar surface area (TPSA) is 42.0 Å². The molecule has 1 amide bonds. The predicted molar refractivity (Wildman–Crippen MR) is 47.2 cm³/mol. The Hall–Kier alpha value is -1.64. The van der Waals surface area contributed by atoms with E-state index >= 15 is 0 Å². The maximum absolute atomic E-state index is 9.90. The Labute approximate surface area is 71.1 Å². The van der Waals surface area contributed by atoms with E-state index in [1.165, 1.54) is 0 Å². The maximum atomic E-state index is 9.90. The van der Waals surface area contributed by atoms with Gasteiger partial charge < -0.3 is 5.32 Å². The minimum atomic E-state index is 0.627. The molecule has 0 aromatic carbocycles. The van der Waals surface area contributed by atoms with Crippen molar-refractivity contribution < 1.29 is 4.79 Å². The van der Waals surface area contributed by atoms with E-state index in [2.05, 4.69) is 10.3 Å². The second-order valence-electron chi connectivity index (χ2n) is 2.35. The molecule has 1 aromatic heterocycles. The van der Waals surface area contributed by atoms with Crippen LogP contribution in [0.3, 0.4) is 0 Å². The molecule has 3 heteroatoms. The van der Waals surface area contributed by atoms with Gasteiger partial charge in [-0.25, -0.2) is 0 Å². The van der Waals surface area contributed by atoms with E-state index < -0.39 is 0 Å². The molecule has 0 aliphatic heterocycles. The third kappa shape index (κ3) is 2.20. The lowest BCUT2D eigenvalue weighted by atomic mass is 10.2. The van der Waals surface area contributed by atoms with Crippen LogP contribution < -0.4 is 5.32 Å². The van der Waals surface area contributed by atoms with Gasteiger partial charge in [-0.05, 0) is 30.2 Å². The summed E-state index contributed by atoms with van der Waals surface area (Å²) in [7, 11) is 0. The largest absolute Gasteiger partial charge is 0.335 e. The van der Waals surface area contributed by atoms with E-state index in [4.69, 9.17) is 0 Å². The van der Waals surface area contributed by atoms with Crippen molar-refractivity contribution in [1.29, 1.82) is 0 Å². The minimum absolute atomic E-state index is 0.627. The first-order chi connectivity index (χ1) is 5.84. The molecule has 0 spiro atoms. The number of amides is 1. The second kappa shape index (κ2) is 4.28. The summed E-state index contributed by atoms with van der Waals surface area (Å²) in [5.74, 6) is 0. The summed E-state index contributed by atoms with van der Waals surface area (Å²) < 4.78 is 0. The summed E-state index contributed by atoms with van der Waals surface area (Å²) in [6, 6.07) is 1.92. The van der Waals surface area contributed by atoms with E-state index in [-0.39, 0.29) is 0 Å². The Balaban J connectivity index is 2.74. The van der Waals surface area contributed by atoms with Crippen LogP contribution in [0.1, 0.15) is 11.1 Å². The van der Waals surface area contributed by atoms with Crippen LogP contribution in [0.25, 0.3) is 6.08 Å². The molecule has 62 valence electrons. The van der Waals surface area contributed by atoms with Crippen molar-refractivity contribution in [1.82, 2.24) is 10.3 Å². The number of nitrogens with zero attached hydrogens (tertiary/aromatic N) is 1. The summed E-state index contributed by atoms with van der Waals surface area (Å²) in [4.78, 5) is 13.9. The van der Waals surface area contributed by atoms with Crippen molar-refractivity contribution in [2.24, 2.45) is 0 Å². The van der Waals surface area contributed by atoms with Crippen LogP contribution in [-0.4, -0.2) is 11.4 Å². The molecular formula is C9H10N2O. The van der Waals surface area contributed by atoms with Crippen molar-refractivity contribution in [3.8, 4) is 0 Å². The number of carbonyl (C=O) groups is 1. The maximum Gasteiger partial charge on any atom is 0.211 e. The molecule has 3 nitrogen and oxygen atoms in total. The predicted octanol–water partition coefficient (Wildman–Crippen LogP) is 1.11. The zero-order valence-electron chi connectivity index (χ0n) is 6.82. The van der Waals surface area contributed by atoms with Crippen LogP contribution in [0.4, 0.5) is 0 Å². The highest BCUT2D eigenvalue weighted by atomic mass is 16.1. The molecular weight excluding hydrogens is 152 g/mol. The molecule has 1 N–H and O–H groups in total. The zero-order valence-corrected chi connectivity index (χ0v) is 6.82. The molecule has 0 saturated carbocycles. The quantitative estimate of drug-likeness (QED) is 0.676. The molecule has 0 radical (unpaired) electrons. The number of aryl methyl sites for hydroxylation is 1. The monoisotopic (exact) mass is 162 g/mol. The molecule has 0 atom stereocenters. The van der Waals surface area contributed by atoms with Crippen LogP contribution in [0.5, 0.6) is 0 Å². The van der Waals surface area contributed by atoms with Crippen LogP contribution in [0.15, 0.2) is 24.7 Å². The van der Waals surface area contributed by atoms with Gasteiger partial charge in [-0.15, -0.1) is 0 Å². The molecule has 0 fully saturated rings. The fourth-order valence-corrected chi connectivity index (χ4v) is 0.828. The SMILES string of the molecule is Cc1ccncc1/C=C\NC=O. The molecule has 0 unspecified atom stereocenters. The lowest BCUT2D eigenvalue weighted by Crippen LogP contribution is -1.98. The van der Waals surface area contributed by atoms with Gasteiger partial charge in [0.15, 0.2) is 0 Å². The van der Waals surface area contributed by atoms with Gasteiger partial charge in [0.2, 0.25) is 6.41 Å². The zero-order chi connectivity index (χ0) is 8.81. The van der Waals surface area contributed by atoms with Gasteiger partial charge in [0, 0.05) is 18.6 Å². The fourth-order valence-electron chi connectivity index (χ4n) is 0.828. The Bertz CT molecular complexity index is 294. The molecule has 1 aromatic rings. The van der Waals surface area contributed by atoms with Crippen LogP contribution in [0, 0.1) is 6.92 Å². The number of carbonyl (C=O) groups excluding carboxylic acids is 1. The van der Waals surface area contributed by atoms with Crippen molar-refractivity contribution in [3.63, 3.8) is 0 Å². The van der Waals surface area contributed by atoms with Gasteiger partial charge in [-0.2, -0.15) is 0 Å². The van der Waals surface area contributed by atoms with E-state index in [1.807, 2.05) is 13.0 Å². The van der Waals surface area contributed by atoms with E-state index in [0.29, 0.717) is 6.41 Å². The Morgan fingerprint density at radius 3 is 3.08 bits per heavy atom. The lowest BCUT2D eigenvalue weighted by molar-refractivity contribution is -0.108. The summed E-state index contributed by atoms with van der Waals surface area (Å²) >= 11 is 0. The van der Waals surface area contributed by atoms with Crippen molar-refractivity contribution in [2.75, 3.05) is 0 Å². The molecule has 0 saturated heterocycles. The molecule has 0 aliphatic rings. The average Bonchev–Trinajstić information content (AvgIpc) is 2.09. The van der Waals surface area contributed by atoms with Crippen LogP contribution in [-0.2, 0) is 4.79 Å². The van der Waals surface area contributed by atoms with Crippen molar-refractivity contribution in [2.45, 2.75) is 6.92 Å². The third-order valence-corrected chi connectivity index (χ3v) is 1.51. The van der Waals surface area contributed by atoms with Gasteiger partial charge >= 0.3 is 0 Å². The third-order valence-electron chi connectivity index (χ3n) is 1.51. The number of rotatable bonds is 3. The highest BCUT2D eigenvalue weighted by molar-refractivity contribution is 5.56. The minimum Gasteiger partial charge on any atom is -0.335 e. The van der Waals surface area contributed by atoms with Gasteiger partial charge in [0.25, 0.3) is 0 Å². The Morgan fingerprint density at radius 1 is 1.58 bits per heavy atom. The van der Waals surface area contributed by atoms with Gasteiger partial charge in [0.1, 0.15) is 0 Å². The number of hydrogen-bond donors (Lipinski definition) is 1. The van der Waals surface area contributed by atoms with Crippen molar-refractivity contribution >= 4 is 12.5 Å². The van der Waals surface area contributed by atoms with Gasteiger partial charge in [-0.3, -0.25) is 9.78 Å². The van der Waals surface area contributed by atoms with Crippen molar-refractivity contribution in [3.05, 3.63) is 35.8 Å². The highest BCUT2D eigenvalue weighted by Gasteiger charge is 1.90. The van der Waals surface area contributed by atoms with Gasteiger partial charge in [0.05, 0.1) is 0 Å². The number of hydrogen-bond acceptors (Lipinski definition) is 2. The molecule has 0 aliphatic carbocycles. The number of aromatic nitrogens is 1. The van der Waals surface area contributed by atoms with E-state index in [0.717, 1.165) is 11.1 Å². The second-order valence-corrected chi connectivity index (χ2v) is 2.35. The summed E-state index contributed by atoms with van der Waals surface area (Å²) in [5, 5.41) is 2.44. The molecule has 0 bridgehead atoms. The lowest BCUT2D eigenvalue weighted by Gasteiger charge is -1.96. The first kappa shape index (κ1) is 8.46. The highest BCUT2D eigenvalue weighted by Crippen LogP contribution is 2.05. The summed E-state index contributed by atoms with van der Waals surface area (Å²) in [6.07, 6.45) is 7.49. The molecule has 1 heterocycles. The average molecular weight is 162 g/mol. The first-order valence-electron chi connectivity index (χ1n) is 3.61. The molecule has 1 rings (SSSR count). The summed E-state index contributed by atoms with van der Waals surface area (Å²) in [6.45, 7) is 1.99. The number of pyridine rings is 1. The van der Waals surface area contributed by atoms with E-state index in [9.17, 15) is 4.79 Å². The smallest absolute Gasteiger partial charge is 0.211 e. The van der Waals surface area contributed by atoms with Crippen LogP contribution >= 0.6 is 0 Å². The fraction of sp³-hybridized carbons (Fsp3) is 0.111. The van der Waals surface area contributed by atoms with E-state index in [1.54, 1.807) is 24.7 Å². The first-order valence-corrected chi connectivity index (χ1v) is 3.61. The van der Waals surface area contributed by atoms with Crippen LogP contribution in [0.2, 0.25) is 0 Å². The molecule has 12 heavy (non-hydrogen) atoms. The number of nitrogens with one attached hydrogen (secondary N) is 1. The normalized spacial score (nSPS) is 10.1. The van der Waals surface area contributed by atoms with Gasteiger partial charge in [-0.1, -0.05) is 0 Å². The Morgan fingerprint density at radius 2 is 2.42 bits per heavy atom.